The Morgan fingerprint density at radius 1 is 0.333 bits per heavy atom. The second-order valence-electron chi connectivity index (χ2n) is 8.41. The maximum Gasteiger partial charge on any atom is 0.462 e. The Balaban J connectivity index is 7.72. The van der Waals surface area contributed by atoms with Crippen molar-refractivity contribution in [3.8, 4) is 0 Å². The van der Waals surface area contributed by atoms with Crippen molar-refractivity contribution in [1.29, 1.82) is 0 Å². The topological polar surface area (TPSA) is 63.2 Å². The lowest BCUT2D eigenvalue weighted by atomic mass is 10.2. The van der Waals surface area contributed by atoms with E-state index >= 15 is 0 Å². The van der Waals surface area contributed by atoms with Gasteiger partial charge in [0.15, 0.2) is 0 Å². The van der Waals surface area contributed by atoms with Crippen LogP contribution < -0.4 is 0 Å². The van der Waals surface area contributed by atoms with Gasteiger partial charge in [-0.2, -0.15) is 127 Å². The number of esters is 1. The van der Waals surface area contributed by atoms with Gasteiger partial charge in [-0.3, -0.25) is 18.9 Å². The highest BCUT2D eigenvalue weighted by Crippen LogP contribution is 2.61. The van der Waals surface area contributed by atoms with Gasteiger partial charge < -0.3 is 4.74 Å². The SMILES string of the molecule is COC(=O)C(F)(OC(F)(F)C(F)(OC(F)(F)C(F)(OC(F)(F)C(F)(OC(F)(F)C(F)(F)C(F)(F)F)C(F)(F)F)C(F)(F)F)C(F)(F)F)C(F)(F)F. The van der Waals surface area contributed by atoms with E-state index in [0.29, 0.717) is 0 Å². The van der Waals surface area contributed by atoms with Crippen LogP contribution in [0.5, 0.6) is 0 Å². The molecule has 0 aliphatic rings. The van der Waals surface area contributed by atoms with Gasteiger partial charge in [-0.05, 0) is 0 Å². The van der Waals surface area contributed by atoms with Crippen molar-refractivity contribution in [3.63, 3.8) is 0 Å². The van der Waals surface area contributed by atoms with E-state index in [1.807, 2.05) is 0 Å². The summed E-state index contributed by atoms with van der Waals surface area (Å²) in [5.41, 5.74) is 0. The lowest BCUT2D eigenvalue weighted by Gasteiger charge is -2.43. The smallest absolute Gasteiger partial charge is 0.462 e. The molecule has 35 heteroatoms. The zero-order chi connectivity index (χ0) is 42.1. The zero-order valence-corrected chi connectivity index (χ0v) is 21.9. The molecular formula is C16H3F29O6. The summed E-state index contributed by atoms with van der Waals surface area (Å²) in [6.45, 7) is 0. The van der Waals surface area contributed by atoms with Gasteiger partial charge in [-0.15, -0.1) is 0 Å². The Kier molecular flexibility index (Phi) is 12.0. The predicted octanol–water partition coefficient (Wildman–Crippen LogP) is 8.71. The van der Waals surface area contributed by atoms with Gasteiger partial charge >= 0.3 is 90.6 Å². The first kappa shape index (κ1) is 48.3. The molecule has 0 aromatic carbocycles. The number of ether oxygens (including phenoxy) is 5. The summed E-state index contributed by atoms with van der Waals surface area (Å²) in [7, 11) is -0.505. The molecule has 0 aliphatic heterocycles. The summed E-state index contributed by atoms with van der Waals surface area (Å²) in [5.74, 6) is -47.0. The van der Waals surface area contributed by atoms with Crippen molar-refractivity contribution in [2.45, 2.75) is 84.7 Å². The van der Waals surface area contributed by atoms with Gasteiger partial charge in [0.1, 0.15) is 0 Å². The van der Waals surface area contributed by atoms with E-state index in [9.17, 15) is 132 Å². The summed E-state index contributed by atoms with van der Waals surface area (Å²) in [6, 6.07) is 0. The van der Waals surface area contributed by atoms with Gasteiger partial charge in [-0.1, -0.05) is 0 Å². The molecular weight excluding hydrogens is 839 g/mol. The van der Waals surface area contributed by atoms with E-state index in [1.54, 1.807) is 0 Å². The van der Waals surface area contributed by atoms with Crippen molar-refractivity contribution >= 4 is 5.97 Å². The van der Waals surface area contributed by atoms with Crippen molar-refractivity contribution in [3.05, 3.63) is 0 Å². The first-order chi connectivity index (χ1) is 21.6. The van der Waals surface area contributed by atoms with Gasteiger partial charge in [0.25, 0.3) is 0 Å². The molecule has 306 valence electrons. The molecule has 4 atom stereocenters. The third kappa shape index (κ3) is 7.97. The van der Waals surface area contributed by atoms with E-state index in [0.717, 1.165) is 14.2 Å². The summed E-state index contributed by atoms with van der Waals surface area (Å²) in [5, 5.41) is 0. The molecule has 0 amide bonds. The van der Waals surface area contributed by atoms with Gasteiger partial charge in [-0.25, -0.2) is 4.79 Å². The Morgan fingerprint density at radius 2 is 0.569 bits per heavy atom. The predicted molar refractivity (Wildman–Crippen MR) is 86.7 cm³/mol. The fourth-order valence-electron chi connectivity index (χ4n) is 2.33. The van der Waals surface area contributed by atoms with Crippen molar-refractivity contribution in [2.75, 3.05) is 7.11 Å². The molecule has 0 aliphatic carbocycles. The first-order valence-electron chi connectivity index (χ1n) is 10.4. The lowest BCUT2D eigenvalue weighted by Crippen LogP contribution is -2.72. The van der Waals surface area contributed by atoms with Crippen LogP contribution in [0.1, 0.15) is 0 Å². The van der Waals surface area contributed by atoms with E-state index in [2.05, 4.69) is 4.74 Å². The third-order valence-electron chi connectivity index (χ3n) is 4.83. The average Bonchev–Trinajstić information content (AvgIpc) is 2.83. The van der Waals surface area contributed by atoms with Gasteiger partial charge in [0, 0.05) is 0 Å². The Bertz CT molecular complexity index is 1250. The van der Waals surface area contributed by atoms with Crippen LogP contribution in [0.2, 0.25) is 0 Å². The van der Waals surface area contributed by atoms with Crippen LogP contribution in [0.15, 0.2) is 0 Å². The van der Waals surface area contributed by atoms with Crippen LogP contribution in [0.25, 0.3) is 0 Å². The maximum atomic E-state index is 14.4. The Morgan fingerprint density at radius 3 is 0.765 bits per heavy atom. The van der Waals surface area contributed by atoms with Crippen LogP contribution in [-0.2, 0) is 28.5 Å². The number of carbonyl (C=O) groups excluding carboxylic acids is 1. The van der Waals surface area contributed by atoms with Crippen LogP contribution >= 0.6 is 0 Å². The molecule has 0 bridgehead atoms. The van der Waals surface area contributed by atoms with E-state index in [-0.39, 0.29) is 0 Å². The number of alkyl halides is 29. The van der Waals surface area contributed by atoms with E-state index in [1.165, 1.54) is 4.74 Å². The highest BCUT2D eigenvalue weighted by atomic mass is 19.4. The highest BCUT2D eigenvalue weighted by Gasteiger charge is 2.90. The summed E-state index contributed by atoms with van der Waals surface area (Å²) in [4.78, 5) is 10.9. The highest BCUT2D eigenvalue weighted by molar-refractivity contribution is 5.78. The van der Waals surface area contributed by atoms with Crippen LogP contribution in [0, 0.1) is 0 Å². The molecule has 4 unspecified atom stereocenters. The molecule has 0 aromatic heterocycles. The summed E-state index contributed by atoms with van der Waals surface area (Å²) >= 11 is 0. The molecule has 51 heavy (non-hydrogen) atoms. The molecule has 0 N–H and O–H groups in total. The fourth-order valence-corrected chi connectivity index (χ4v) is 2.33. The molecule has 0 heterocycles. The van der Waals surface area contributed by atoms with Crippen LogP contribution in [0.3, 0.4) is 0 Å². The van der Waals surface area contributed by atoms with Gasteiger partial charge in [0.2, 0.25) is 0 Å². The number of rotatable bonds is 13. The van der Waals surface area contributed by atoms with Crippen molar-refractivity contribution < 1.29 is 156 Å². The van der Waals surface area contributed by atoms with Crippen molar-refractivity contribution in [2.24, 2.45) is 0 Å². The molecule has 0 rings (SSSR count). The van der Waals surface area contributed by atoms with Crippen LogP contribution in [0.4, 0.5) is 127 Å². The lowest BCUT2D eigenvalue weighted by molar-refractivity contribution is -0.592. The average molecular weight is 842 g/mol. The zero-order valence-electron chi connectivity index (χ0n) is 21.9. The minimum Gasteiger partial charge on any atom is -0.465 e. The Labute approximate surface area is 255 Å². The fraction of sp³-hybridized carbons (Fsp3) is 0.938. The second-order valence-corrected chi connectivity index (χ2v) is 8.41. The minimum absolute atomic E-state index is 0.505. The second kappa shape index (κ2) is 12.7. The molecule has 0 saturated heterocycles. The normalized spacial score (nSPS) is 20.2. The summed E-state index contributed by atoms with van der Waals surface area (Å²) < 4.78 is 392. The molecule has 0 radical (unpaired) electrons. The first-order valence-corrected chi connectivity index (χ1v) is 10.4. The van der Waals surface area contributed by atoms with E-state index < -0.39 is 97.7 Å². The van der Waals surface area contributed by atoms with E-state index in [4.69, 9.17) is 0 Å². The van der Waals surface area contributed by atoms with Crippen LogP contribution in [-0.4, -0.2) is 97.7 Å². The molecule has 6 nitrogen and oxygen atoms in total. The number of hydrogen-bond donors (Lipinski definition) is 0. The molecule has 0 fully saturated rings. The third-order valence-corrected chi connectivity index (χ3v) is 4.83. The number of methoxy groups -OCH3 is 1. The maximum absolute atomic E-state index is 14.4. The monoisotopic (exact) mass is 842 g/mol. The number of carbonyl (C=O) groups is 1. The van der Waals surface area contributed by atoms with Gasteiger partial charge in [0.05, 0.1) is 7.11 Å². The largest absolute Gasteiger partial charge is 0.465 e. The molecule has 0 spiro atoms. The quantitative estimate of drug-likeness (QED) is 0.137. The summed E-state index contributed by atoms with van der Waals surface area (Å²) in [6.07, 6.45) is -77.4. The number of halogens is 29. The van der Waals surface area contributed by atoms with Crippen molar-refractivity contribution in [1.82, 2.24) is 0 Å². The number of hydrogen-bond acceptors (Lipinski definition) is 6. The standard InChI is InChI=1S/C16H3F29O6/c1-47-2(46)3(17,8(23,24)25)48-14(40,41)5(20,10(29,30)31)50-16(44,45)7(22,12(35,36)37)51-15(42,43)6(21,11(32,33)34)49-13(38,39)4(18,19)9(26,27)28/h1H3. The Hall–Kier alpha value is -2.72. The minimum atomic E-state index is -9.24. The molecule has 0 saturated carbocycles. The molecule has 0 aromatic rings.